The highest BCUT2D eigenvalue weighted by atomic mass is 16.6. The average Bonchev–Trinajstić information content (AvgIpc) is 3.14. The summed E-state index contributed by atoms with van der Waals surface area (Å²) in [6, 6.07) is 12.2. The van der Waals surface area contributed by atoms with E-state index in [0.717, 1.165) is 4.57 Å². The number of nitrogens with one attached hydrogen (secondary N) is 1. The molecule has 0 radical (unpaired) electrons. The molecular weight excluding hydrogens is 408 g/mol. The Morgan fingerprint density at radius 3 is 2.65 bits per heavy atom. The number of amides is 1. The van der Waals surface area contributed by atoms with E-state index in [-0.39, 0.29) is 11.3 Å². The maximum absolute atomic E-state index is 12.6. The first-order valence-electron chi connectivity index (χ1n) is 8.99. The van der Waals surface area contributed by atoms with E-state index >= 15 is 0 Å². The lowest BCUT2D eigenvalue weighted by atomic mass is 10.2. The van der Waals surface area contributed by atoms with Crippen molar-refractivity contribution >= 4 is 45.3 Å². The number of aromatic nitrogens is 2. The van der Waals surface area contributed by atoms with Crippen molar-refractivity contribution in [2.75, 3.05) is 11.9 Å². The fourth-order valence-electron chi connectivity index (χ4n) is 2.92. The van der Waals surface area contributed by atoms with Gasteiger partial charge >= 0.3 is 5.97 Å². The normalized spacial score (nSPS) is 10.8. The summed E-state index contributed by atoms with van der Waals surface area (Å²) < 4.78 is 11.5. The van der Waals surface area contributed by atoms with Crippen molar-refractivity contribution in [3.8, 4) is 0 Å². The van der Waals surface area contributed by atoms with Crippen LogP contribution in [0.1, 0.15) is 0 Å². The van der Waals surface area contributed by atoms with Crippen molar-refractivity contribution in [1.82, 2.24) is 9.55 Å². The average molecular weight is 422 g/mol. The molecule has 0 aliphatic rings. The predicted molar refractivity (Wildman–Crippen MR) is 108 cm³/mol. The third kappa shape index (κ3) is 4.10. The highest BCUT2D eigenvalue weighted by Crippen LogP contribution is 2.24. The monoisotopic (exact) mass is 422 g/mol. The number of carbonyl (C=O) groups excluding carboxylic acids is 2. The molecule has 156 valence electrons. The number of para-hydroxylation sites is 1. The van der Waals surface area contributed by atoms with Gasteiger partial charge in [0.25, 0.3) is 17.2 Å². The number of carbonyl (C=O) groups is 2. The van der Waals surface area contributed by atoms with Gasteiger partial charge in [-0.25, -0.2) is 4.98 Å². The maximum Gasteiger partial charge on any atom is 0.326 e. The number of ether oxygens (including phenoxy) is 1. The quantitative estimate of drug-likeness (QED) is 0.283. The van der Waals surface area contributed by atoms with Gasteiger partial charge in [-0.2, -0.15) is 0 Å². The van der Waals surface area contributed by atoms with Crippen molar-refractivity contribution in [3.63, 3.8) is 0 Å². The lowest BCUT2D eigenvalue weighted by Crippen LogP contribution is -2.27. The molecule has 1 amide bonds. The van der Waals surface area contributed by atoms with E-state index in [2.05, 4.69) is 10.3 Å². The molecule has 0 saturated heterocycles. The van der Waals surface area contributed by atoms with Crippen LogP contribution >= 0.6 is 0 Å². The van der Waals surface area contributed by atoms with Crippen LogP contribution in [0.2, 0.25) is 0 Å². The number of anilines is 1. The zero-order valence-corrected chi connectivity index (χ0v) is 15.8. The summed E-state index contributed by atoms with van der Waals surface area (Å²) in [6.45, 7) is -1.05. The predicted octanol–water partition coefficient (Wildman–Crippen LogP) is 2.23. The number of fused-ring (bicyclic) bond motifs is 3. The fraction of sp³-hybridized carbons (Fsp3) is 0.100. The van der Waals surface area contributed by atoms with E-state index in [1.807, 2.05) is 0 Å². The van der Waals surface area contributed by atoms with Crippen molar-refractivity contribution in [3.05, 3.63) is 75.3 Å². The van der Waals surface area contributed by atoms with Crippen LogP contribution in [0.5, 0.6) is 0 Å². The van der Waals surface area contributed by atoms with E-state index < -0.39 is 35.5 Å². The lowest BCUT2D eigenvalue weighted by Gasteiger charge is -2.07. The van der Waals surface area contributed by atoms with Gasteiger partial charge in [-0.3, -0.25) is 29.1 Å². The Bertz CT molecular complexity index is 1370. The number of esters is 1. The van der Waals surface area contributed by atoms with Crippen molar-refractivity contribution in [2.24, 2.45) is 0 Å². The Kier molecular flexibility index (Phi) is 5.14. The minimum absolute atomic E-state index is 0.0208. The third-order valence-electron chi connectivity index (χ3n) is 4.38. The summed E-state index contributed by atoms with van der Waals surface area (Å²) in [5, 5.41) is 13.8. The van der Waals surface area contributed by atoms with Crippen molar-refractivity contribution in [2.45, 2.75) is 6.54 Å². The molecule has 1 N–H and O–H groups in total. The molecule has 0 bridgehead atoms. The van der Waals surface area contributed by atoms with E-state index in [0.29, 0.717) is 22.2 Å². The second kappa shape index (κ2) is 8.06. The number of non-ortho nitro benzene ring substituents is 1. The first kappa shape index (κ1) is 19.8. The van der Waals surface area contributed by atoms with E-state index in [9.17, 15) is 24.5 Å². The Labute approximate surface area is 173 Å². The van der Waals surface area contributed by atoms with Gasteiger partial charge in [0.1, 0.15) is 17.6 Å². The molecule has 0 saturated carbocycles. The van der Waals surface area contributed by atoms with Gasteiger partial charge in [-0.15, -0.1) is 0 Å². The SMILES string of the molecule is O=C(COC(=O)Cn1cnc2c(oc3ccccc32)c1=O)Nc1ccc([N+](=O)[O-])cc1. The Morgan fingerprint density at radius 2 is 1.90 bits per heavy atom. The van der Waals surface area contributed by atoms with Crippen LogP contribution in [0, 0.1) is 10.1 Å². The van der Waals surface area contributed by atoms with Gasteiger partial charge < -0.3 is 14.5 Å². The van der Waals surface area contributed by atoms with E-state index in [1.165, 1.54) is 30.6 Å². The molecule has 2 aromatic heterocycles. The molecule has 0 fully saturated rings. The molecule has 31 heavy (non-hydrogen) atoms. The summed E-state index contributed by atoms with van der Waals surface area (Å²) in [5.41, 5.74) is 0.561. The smallest absolute Gasteiger partial charge is 0.326 e. The molecule has 0 aliphatic heterocycles. The second-order valence-corrected chi connectivity index (χ2v) is 6.47. The lowest BCUT2D eigenvalue weighted by molar-refractivity contribution is -0.384. The van der Waals surface area contributed by atoms with Gasteiger partial charge in [0.2, 0.25) is 5.58 Å². The van der Waals surface area contributed by atoms with Gasteiger partial charge in [0.05, 0.1) is 11.3 Å². The molecule has 0 unspecified atom stereocenters. The minimum atomic E-state index is -0.821. The van der Waals surface area contributed by atoms with Crippen LogP contribution < -0.4 is 10.9 Å². The number of nitrogens with zero attached hydrogens (tertiary/aromatic N) is 3. The first-order valence-corrected chi connectivity index (χ1v) is 8.99. The highest BCUT2D eigenvalue weighted by Gasteiger charge is 2.16. The summed E-state index contributed by atoms with van der Waals surface area (Å²) in [7, 11) is 0. The molecule has 4 rings (SSSR count). The minimum Gasteiger partial charge on any atom is -0.454 e. The summed E-state index contributed by atoms with van der Waals surface area (Å²) in [4.78, 5) is 50.8. The number of benzene rings is 2. The molecular formula is C20H14N4O7. The van der Waals surface area contributed by atoms with Crippen LogP contribution in [0.25, 0.3) is 22.1 Å². The number of nitro benzene ring substituents is 1. The highest BCUT2D eigenvalue weighted by molar-refractivity contribution is 6.01. The van der Waals surface area contributed by atoms with Crippen LogP contribution in [0.3, 0.4) is 0 Å². The Hall–Kier alpha value is -4.54. The molecule has 2 aromatic carbocycles. The zero-order chi connectivity index (χ0) is 22.0. The molecule has 0 spiro atoms. The second-order valence-electron chi connectivity index (χ2n) is 6.47. The maximum atomic E-state index is 12.6. The van der Waals surface area contributed by atoms with E-state index in [1.54, 1.807) is 24.3 Å². The Morgan fingerprint density at radius 1 is 1.16 bits per heavy atom. The summed E-state index contributed by atoms with van der Waals surface area (Å²) >= 11 is 0. The number of furan rings is 1. The molecule has 0 aliphatic carbocycles. The topological polar surface area (TPSA) is 147 Å². The van der Waals surface area contributed by atoms with Crippen LogP contribution in [0.4, 0.5) is 11.4 Å². The van der Waals surface area contributed by atoms with Crippen LogP contribution in [-0.4, -0.2) is 33.0 Å². The van der Waals surface area contributed by atoms with Crippen molar-refractivity contribution < 1.29 is 23.7 Å². The van der Waals surface area contributed by atoms with Crippen molar-refractivity contribution in [1.29, 1.82) is 0 Å². The largest absolute Gasteiger partial charge is 0.454 e. The first-order chi connectivity index (χ1) is 14.9. The molecule has 2 heterocycles. The van der Waals surface area contributed by atoms with Gasteiger partial charge in [0, 0.05) is 23.2 Å². The fourth-order valence-corrected chi connectivity index (χ4v) is 2.92. The van der Waals surface area contributed by atoms with Crippen LogP contribution in [0.15, 0.2) is 64.1 Å². The number of hydrogen-bond acceptors (Lipinski definition) is 8. The molecule has 4 aromatic rings. The number of nitro groups is 1. The third-order valence-corrected chi connectivity index (χ3v) is 4.38. The zero-order valence-electron chi connectivity index (χ0n) is 15.8. The molecule has 11 heteroatoms. The molecule has 0 atom stereocenters. The number of rotatable bonds is 6. The summed E-state index contributed by atoms with van der Waals surface area (Å²) in [6.07, 6.45) is 1.21. The van der Waals surface area contributed by atoms with Crippen LogP contribution in [-0.2, 0) is 20.9 Å². The van der Waals surface area contributed by atoms with Gasteiger partial charge in [-0.05, 0) is 24.3 Å². The molecule has 11 nitrogen and oxygen atoms in total. The standard InChI is InChI=1S/C20H14N4O7/c25-16(22-12-5-7-13(8-6-12)24(28)29)10-30-17(26)9-23-11-21-18-14-3-1-2-4-15(14)31-19(18)20(23)27/h1-8,11H,9-10H2,(H,22,25). The van der Waals surface area contributed by atoms with Gasteiger partial charge in [0.15, 0.2) is 6.61 Å². The Balaban J connectivity index is 1.38. The summed E-state index contributed by atoms with van der Waals surface area (Å²) in [5.74, 6) is -1.46. The number of hydrogen-bond donors (Lipinski definition) is 1. The van der Waals surface area contributed by atoms with Gasteiger partial charge in [-0.1, -0.05) is 12.1 Å². The van der Waals surface area contributed by atoms with E-state index in [4.69, 9.17) is 9.15 Å².